The van der Waals surface area contributed by atoms with Crippen molar-refractivity contribution < 1.29 is 37.6 Å². The highest BCUT2D eigenvalue weighted by molar-refractivity contribution is 7.47. The van der Waals surface area contributed by atoms with E-state index < -0.39 is 32.5 Å². The van der Waals surface area contributed by atoms with Crippen molar-refractivity contribution in [2.24, 2.45) is 5.73 Å². The van der Waals surface area contributed by atoms with E-state index in [1.165, 1.54) is 0 Å². The highest BCUT2D eigenvalue weighted by Gasteiger charge is 2.26. The normalized spacial score (nSPS) is 14.5. The van der Waals surface area contributed by atoms with Crippen molar-refractivity contribution in [1.82, 2.24) is 0 Å². The molecule has 0 aromatic rings. The topological polar surface area (TPSA) is 134 Å². The minimum Gasteiger partial charge on any atom is -0.462 e. The van der Waals surface area contributed by atoms with Crippen molar-refractivity contribution >= 4 is 19.8 Å². The van der Waals surface area contributed by atoms with Crippen LogP contribution < -0.4 is 5.73 Å². The average molecular weight is 1130 g/mol. The highest BCUT2D eigenvalue weighted by atomic mass is 31.2. The second kappa shape index (κ2) is 63.8. The van der Waals surface area contributed by atoms with E-state index >= 15 is 0 Å². The first-order valence-corrected chi connectivity index (χ1v) is 32.1. The summed E-state index contributed by atoms with van der Waals surface area (Å²) < 4.78 is 33.0. The molecular weight excluding hydrogens is 1030 g/mol. The number of ether oxygens (including phenoxy) is 2. The molecule has 0 heterocycles. The Morgan fingerprint density at radius 2 is 0.654 bits per heavy atom. The van der Waals surface area contributed by atoms with Crippen LogP contribution in [0.25, 0.3) is 0 Å². The second-order valence-corrected chi connectivity index (χ2v) is 20.6. The fourth-order valence-electron chi connectivity index (χ4n) is 7.24. The van der Waals surface area contributed by atoms with Crippen molar-refractivity contribution in [3.05, 3.63) is 207 Å². The van der Waals surface area contributed by atoms with Crippen molar-refractivity contribution in [2.45, 2.75) is 200 Å². The van der Waals surface area contributed by atoms with Crippen LogP contribution in [-0.2, 0) is 32.7 Å². The molecule has 0 aromatic carbocycles. The summed E-state index contributed by atoms with van der Waals surface area (Å²) in [6, 6.07) is 0. The lowest BCUT2D eigenvalue weighted by atomic mass is 10.1. The largest absolute Gasteiger partial charge is 0.472 e. The van der Waals surface area contributed by atoms with E-state index in [9.17, 15) is 19.0 Å². The van der Waals surface area contributed by atoms with Crippen molar-refractivity contribution in [3.63, 3.8) is 0 Å². The van der Waals surface area contributed by atoms with Gasteiger partial charge in [0, 0.05) is 19.4 Å². The van der Waals surface area contributed by atoms with Gasteiger partial charge in [-0.15, -0.1) is 0 Å². The number of allylic oxidation sites excluding steroid dienone is 34. The van der Waals surface area contributed by atoms with Crippen molar-refractivity contribution in [3.8, 4) is 0 Å². The van der Waals surface area contributed by atoms with Crippen LogP contribution in [0.5, 0.6) is 0 Å². The van der Waals surface area contributed by atoms with Gasteiger partial charge >= 0.3 is 19.8 Å². The van der Waals surface area contributed by atoms with Crippen LogP contribution in [0, 0.1) is 0 Å². The summed E-state index contributed by atoms with van der Waals surface area (Å²) in [7, 11) is -4.42. The second-order valence-electron chi connectivity index (χ2n) is 19.1. The Labute approximate surface area is 493 Å². The first-order chi connectivity index (χ1) is 39.8. The molecule has 0 aliphatic rings. The van der Waals surface area contributed by atoms with Gasteiger partial charge in [0.2, 0.25) is 0 Å². The Morgan fingerprint density at radius 1 is 0.370 bits per heavy atom. The third kappa shape index (κ3) is 63.6. The lowest BCUT2D eigenvalue weighted by Gasteiger charge is -2.19. The molecule has 0 radical (unpaired) electrons. The molecule has 0 amide bonds. The van der Waals surface area contributed by atoms with E-state index in [1.54, 1.807) is 0 Å². The first-order valence-electron chi connectivity index (χ1n) is 30.6. The highest BCUT2D eigenvalue weighted by Crippen LogP contribution is 2.43. The lowest BCUT2D eigenvalue weighted by molar-refractivity contribution is -0.161. The molecule has 0 fully saturated rings. The third-order valence-electron chi connectivity index (χ3n) is 11.7. The summed E-state index contributed by atoms with van der Waals surface area (Å²) in [5.74, 6) is -0.935. The molecule has 10 heteroatoms. The van der Waals surface area contributed by atoms with Gasteiger partial charge in [-0.2, -0.15) is 0 Å². The van der Waals surface area contributed by atoms with Crippen LogP contribution in [0.2, 0.25) is 0 Å². The Morgan fingerprint density at radius 3 is 0.988 bits per heavy atom. The molecule has 0 aliphatic heterocycles. The zero-order chi connectivity index (χ0) is 58.7. The van der Waals surface area contributed by atoms with Gasteiger partial charge in [-0.25, -0.2) is 4.57 Å². The number of carbonyl (C=O) groups excluding carboxylic acids is 2. The predicted molar refractivity (Wildman–Crippen MR) is 348 cm³/mol. The Hall–Kier alpha value is -5.41. The van der Waals surface area contributed by atoms with Gasteiger partial charge in [-0.3, -0.25) is 18.6 Å². The van der Waals surface area contributed by atoms with Gasteiger partial charge in [0.15, 0.2) is 6.10 Å². The smallest absolute Gasteiger partial charge is 0.462 e. The summed E-state index contributed by atoms with van der Waals surface area (Å²) >= 11 is 0. The van der Waals surface area contributed by atoms with Gasteiger partial charge in [-0.05, 0) is 141 Å². The minimum absolute atomic E-state index is 0.0306. The maximum atomic E-state index is 12.7. The van der Waals surface area contributed by atoms with Gasteiger partial charge in [0.25, 0.3) is 0 Å². The monoisotopic (exact) mass is 1130 g/mol. The van der Waals surface area contributed by atoms with Crippen LogP contribution in [0.1, 0.15) is 194 Å². The number of unbranched alkanes of at least 4 members (excludes halogenated alkanes) is 7. The number of phosphoric acid groups is 1. The van der Waals surface area contributed by atoms with Crippen molar-refractivity contribution in [2.75, 3.05) is 26.4 Å². The number of phosphoric ester groups is 1. The number of esters is 2. The van der Waals surface area contributed by atoms with Crippen LogP contribution in [0.3, 0.4) is 0 Å². The number of hydrogen-bond acceptors (Lipinski definition) is 8. The maximum absolute atomic E-state index is 12.7. The van der Waals surface area contributed by atoms with E-state index in [0.717, 1.165) is 148 Å². The first kappa shape index (κ1) is 75.6. The zero-order valence-corrected chi connectivity index (χ0v) is 51.1. The van der Waals surface area contributed by atoms with E-state index in [-0.39, 0.29) is 32.6 Å². The van der Waals surface area contributed by atoms with Gasteiger partial charge < -0.3 is 20.1 Å². The quantitative estimate of drug-likeness (QED) is 0.0264. The van der Waals surface area contributed by atoms with Crippen LogP contribution >= 0.6 is 7.82 Å². The predicted octanol–water partition coefficient (Wildman–Crippen LogP) is 20.0. The molecule has 2 unspecified atom stereocenters. The number of carbonyl (C=O) groups is 2. The van der Waals surface area contributed by atoms with Gasteiger partial charge in [0.05, 0.1) is 13.2 Å². The van der Waals surface area contributed by atoms with E-state index in [4.69, 9.17) is 24.3 Å². The molecular formula is C71H108NO8P. The molecule has 0 aliphatic carbocycles. The average Bonchev–Trinajstić information content (AvgIpc) is 3.46. The Balaban J connectivity index is 4.15. The molecule has 0 saturated carbocycles. The maximum Gasteiger partial charge on any atom is 0.472 e. The fourth-order valence-corrected chi connectivity index (χ4v) is 8.00. The summed E-state index contributed by atoms with van der Waals surface area (Å²) in [4.78, 5) is 35.2. The number of rotatable bonds is 54. The summed E-state index contributed by atoms with van der Waals surface area (Å²) in [5, 5.41) is 0. The molecule has 450 valence electrons. The Bertz CT molecular complexity index is 2070. The van der Waals surface area contributed by atoms with Crippen molar-refractivity contribution in [1.29, 1.82) is 0 Å². The van der Waals surface area contributed by atoms with Crippen LogP contribution in [0.4, 0.5) is 0 Å². The van der Waals surface area contributed by atoms with E-state index in [2.05, 4.69) is 214 Å². The number of hydrogen-bond donors (Lipinski definition) is 2. The SMILES string of the molecule is CC/C=C\C/C=C\C/C=C\C/C=C\C/C=C\C/C=C\C/C=C\C/C=C\C/C=C\C/C=C\CCCCCCCCC(=O)OC(COC(=O)CCC/C=C\C/C=C\C/C=C\C/C=C\C/C=C\C/C=C\C/C=C\CC)COP(=O)(O)OCCN. The number of nitrogens with two attached hydrogens (primary N) is 1. The summed E-state index contributed by atoms with van der Waals surface area (Å²) in [6.45, 7) is 3.39. The fraction of sp³-hybridized carbons (Fsp3) is 0.493. The lowest BCUT2D eigenvalue weighted by Crippen LogP contribution is -2.29. The third-order valence-corrected chi connectivity index (χ3v) is 12.6. The molecule has 0 spiro atoms. The molecule has 0 saturated heterocycles. The molecule has 0 rings (SSSR count). The minimum atomic E-state index is -4.42. The molecule has 3 N–H and O–H groups in total. The molecule has 2 atom stereocenters. The van der Waals surface area contributed by atoms with Gasteiger partial charge in [0.1, 0.15) is 6.61 Å². The molecule has 0 aromatic heterocycles. The standard InChI is InChI=1S/C71H108NO8P/c1-3-5-7-9-11-13-15-17-19-21-23-25-27-28-29-30-31-32-33-34-35-36-37-38-39-40-42-44-46-48-50-52-54-56-58-60-62-64-71(74)80-69(68-79-81(75,76)78-66-65-72)67-77-70(73)63-61-59-57-55-53-51-49-47-45-43-41-26-24-22-20-18-16-14-12-10-8-6-4-2/h5-8,11-14,17-20,23-26,28-29,31-32,34-35,37-38,40,42-43,45-46,48-49,51,55,57,69H,3-4,9-10,15-16,21-22,27,30,33,36,39,41,44,47,50,52-54,56,58-68,72H2,1-2H3,(H,75,76)/b7-5-,8-6-,13-11-,14-12-,19-17-,20-18-,25-23-,26-24-,29-28-,32-31-,35-34-,38-37-,42-40-,45-43-,48-46-,51-49-,57-55-. The summed E-state index contributed by atoms with van der Waals surface area (Å²) in [6.07, 6.45) is 98.9. The summed E-state index contributed by atoms with van der Waals surface area (Å²) in [5.41, 5.74) is 5.38. The Kier molecular flexibility index (Phi) is 59.5. The molecule has 9 nitrogen and oxygen atoms in total. The van der Waals surface area contributed by atoms with Gasteiger partial charge in [-0.1, -0.05) is 246 Å². The van der Waals surface area contributed by atoms with Crippen LogP contribution in [0.15, 0.2) is 207 Å². The van der Waals surface area contributed by atoms with Crippen LogP contribution in [-0.4, -0.2) is 49.3 Å². The van der Waals surface area contributed by atoms with E-state index in [1.807, 2.05) is 6.08 Å². The molecule has 0 bridgehead atoms. The van der Waals surface area contributed by atoms with E-state index in [0.29, 0.717) is 19.3 Å². The zero-order valence-electron chi connectivity index (χ0n) is 50.2. The molecule has 81 heavy (non-hydrogen) atoms.